The van der Waals surface area contributed by atoms with E-state index in [1.165, 1.54) is 22.8 Å². The minimum atomic E-state index is -0.0379. The summed E-state index contributed by atoms with van der Waals surface area (Å²) in [6.07, 6.45) is 3.56. The Labute approximate surface area is 157 Å². The molecule has 0 unspecified atom stereocenters. The average molecular weight is 361 g/mol. The van der Waals surface area contributed by atoms with Crippen LogP contribution in [0.4, 0.5) is 5.69 Å². The predicted octanol–water partition coefficient (Wildman–Crippen LogP) is 4.63. The standard InChI is InChI=1S/C21H31ClN3/c1-6-11-25-18-10-9-16(22)14-17(18)21(4,5)19(25)15-20-23(7-2)12-13-24(20)8-3/h9-10,14-15H,6-8,11-13H2,1-5H3/q+1. The molecule has 1 fully saturated rings. The van der Waals surface area contributed by atoms with E-state index >= 15 is 0 Å². The van der Waals surface area contributed by atoms with E-state index in [-0.39, 0.29) is 5.41 Å². The van der Waals surface area contributed by atoms with Gasteiger partial charge in [0.25, 0.3) is 0 Å². The molecule has 2 heterocycles. The van der Waals surface area contributed by atoms with E-state index in [0.717, 1.165) is 44.2 Å². The van der Waals surface area contributed by atoms with E-state index in [9.17, 15) is 0 Å². The first-order chi connectivity index (χ1) is 11.9. The summed E-state index contributed by atoms with van der Waals surface area (Å²) in [4.78, 5) is 4.99. The smallest absolute Gasteiger partial charge is 0.209 e. The summed E-state index contributed by atoms with van der Waals surface area (Å²) in [5.74, 6) is 1.37. The Kier molecular flexibility index (Phi) is 5.15. The molecular formula is C21H31ClN3+. The highest BCUT2D eigenvalue weighted by molar-refractivity contribution is 6.30. The van der Waals surface area contributed by atoms with Gasteiger partial charge in [-0.2, -0.15) is 4.58 Å². The van der Waals surface area contributed by atoms with Crippen LogP contribution < -0.4 is 0 Å². The van der Waals surface area contributed by atoms with Gasteiger partial charge in [0.05, 0.1) is 5.41 Å². The van der Waals surface area contributed by atoms with Crippen LogP contribution in [0.5, 0.6) is 0 Å². The molecule has 0 aromatic heterocycles. The summed E-state index contributed by atoms with van der Waals surface area (Å²) in [6.45, 7) is 16.8. The lowest BCUT2D eigenvalue weighted by molar-refractivity contribution is -0.437. The van der Waals surface area contributed by atoms with E-state index in [1.807, 2.05) is 6.07 Å². The van der Waals surface area contributed by atoms with Crippen LogP contribution in [0.2, 0.25) is 5.02 Å². The van der Waals surface area contributed by atoms with Crippen LogP contribution in [-0.2, 0) is 5.41 Å². The fourth-order valence-electron chi connectivity index (χ4n) is 4.19. The van der Waals surface area contributed by atoms with E-state index in [2.05, 4.69) is 67.2 Å². The molecule has 3 rings (SSSR count). The van der Waals surface area contributed by atoms with Crippen molar-refractivity contribution in [1.82, 2.24) is 9.80 Å². The number of hydrogen-bond acceptors (Lipinski definition) is 2. The minimum Gasteiger partial charge on any atom is -0.357 e. The van der Waals surface area contributed by atoms with Gasteiger partial charge >= 0.3 is 0 Å². The number of fused-ring (bicyclic) bond motifs is 1. The SMILES string of the molecule is CCC[N+]1=C(C=C2N(CC)CCN2CC)C(C)(C)c2cc(Cl)ccc21. The van der Waals surface area contributed by atoms with Crippen LogP contribution in [0.15, 0.2) is 30.1 Å². The van der Waals surface area contributed by atoms with Crippen LogP contribution in [0, 0.1) is 0 Å². The van der Waals surface area contributed by atoms with Crippen molar-refractivity contribution >= 4 is 23.0 Å². The molecule has 2 aliphatic rings. The molecule has 0 amide bonds. The van der Waals surface area contributed by atoms with E-state index in [0.29, 0.717) is 0 Å². The predicted molar refractivity (Wildman–Crippen MR) is 107 cm³/mol. The van der Waals surface area contributed by atoms with Crippen molar-refractivity contribution in [2.75, 3.05) is 32.7 Å². The number of likely N-dealkylation sites (N-methyl/N-ethyl adjacent to an activating group) is 2. The molecule has 3 nitrogen and oxygen atoms in total. The molecule has 2 aliphatic heterocycles. The number of rotatable bonds is 5. The number of halogens is 1. The molecule has 0 spiro atoms. The maximum atomic E-state index is 6.33. The molecule has 25 heavy (non-hydrogen) atoms. The van der Waals surface area contributed by atoms with E-state index in [4.69, 9.17) is 11.6 Å². The number of allylic oxidation sites excluding steroid dienone is 1. The quantitative estimate of drug-likeness (QED) is 0.708. The Morgan fingerprint density at radius 1 is 1.12 bits per heavy atom. The van der Waals surface area contributed by atoms with Gasteiger partial charge in [0.2, 0.25) is 5.69 Å². The van der Waals surface area contributed by atoms with Crippen molar-refractivity contribution in [1.29, 1.82) is 0 Å². The Hall–Kier alpha value is -1.48. The second-order valence-electron chi connectivity index (χ2n) is 7.49. The molecule has 0 aliphatic carbocycles. The molecule has 0 bridgehead atoms. The van der Waals surface area contributed by atoms with Gasteiger partial charge in [-0.3, -0.25) is 0 Å². The van der Waals surface area contributed by atoms with Gasteiger partial charge in [-0.1, -0.05) is 18.5 Å². The van der Waals surface area contributed by atoms with Crippen LogP contribution in [0.25, 0.3) is 0 Å². The van der Waals surface area contributed by atoms with Gasteiger partial charge in [-0.05, 0) is 39.8 Å². The highest BCUT2D eigenvalue weighted by Crippen LogP contribution is 2.42. The van der Waals surface area contributed by atoms with Crippen molar-refractivity contribution in [3.8, 4) is 0 Å². The van der Waals surface area contributed by atoms with Crippen LogP contribution in [-0.4, -0.2) is 52.8 Å². The summed E-state index contributed by atoms with van der Waals surface area (Å²) in [5.41, 5.74) is 4.00. The summed E-state index contributed by atoms with van der Waals surface area (Å²) < 4.78 is 2.50. The van der Waals surface area contributed by atoms with Gasteiger partial charge in [-0.15, -0.1) is 0 Å². The lowest BCUT2D eigenvalue weighted by Crippen LogP contribution is -2.31. The second kappa shape index (κ2) is 7.03. The molecule has 1 aromatic carbocycles. The molecule has 4 heteroatoms. The second-order valence-corrected chi connectivity index (χ2v) is 7.92. The Bertz CT molecular complexity index is 704. The Morgan fingerprint density at radius 2 is 1.76 bits per heavy atom. The highest BCUT2D eigenvalue weighted by atomic mass is 35.5. The third kappa shape index (κ3) is 3.08. The first-order valence-corrected chi connectivity index (χ1v) is 9.98. The molecule has 0 atom stereocenters. The molecule has 1 aromatic rings. The number of hydrogen-bond donors (Lipinski definition) is 0. The third-order valence-electron chi connectivity index (χ3n) is 5.62. The van der Waals surface area contributed by atoms with Gasteiger partial charge in [0.15, 0.2) is 5.71 Å². The number of nitrogens with zero attached hydrogens (tertiary/aromatic N) is 3. The highest BCUT2D eigenvalue weighted by Gasteiger charge is 2.45. The Balaban J connectivity index is 2.15. The fraction of sp³-hybridized carbons (Fsp3) is 0.571. The maximum absolute atomic E-state index is 6.33. The van der Waals surface area contributed by atoms with Gasteiger partial charge in [0.1, 0.15) is 12.4 Å². The first kappa shape index (κ1) is 18.3. The van der Waals surface area contributed by atoms with Crippen LogP contribution >= 0.6 is 11.6 Å². The fourth-order valence-corrected chi connectivity index (χ4v) is 4.36. The van der Waals surface area contributed by atoms with Crippen molar-refractivity contribution in [3.05, 3.63) is 40.7 Å². The zero-order chi connectivity index (χ0) is 18.2. The summed E-state index contributed by atoms with van der Waals surface area (Å²) in [6, 6.07) is 6.35. The lowest BCUT2D eigenvalue weighted by atomic mass is 9.81. The molecule has 0 N–H and O–H groups in total. The topological polar surface area (TPSA) is 9.49 Å². The maximum Gasteiger partial charge on any atom is 0.209 e. The van der Waals surface area contributed by atoms with Crippen LogP contribution in [0.1, 0.15) is 46.6 Å². The molecule has 136 valence electrons. The lowest BCUT2D eigenvalue weighted by Gasteiger charge is -2.24. The van der Waals surface area contributed by atoms with Gasteiger partial charge in [-0.25, -0.2) is 0 Å². The van der Waals surface area contributed by atoms with Crippen molar-refractivity contribution in [2.45, 2.75) is 46.5 Å². The molecule has 0 radical (unpaired) electrons. The Morgan fingerprint density at radius 3 is 2.32 bits per heavy atom. The summed E-state index contributed by atoms with van der Waals surface area (Å²) >= 11 is 6.33. The van der Waals surface area contributed by atoms with Crippen molar-refractivity contribution in [2.24, 2.45) is 0 Å². The monoisotopic (exact) mass is 360 g/mol. The normalized spacial score (nSPS) is 19.0. The first-order valence-electron chi connectivity index (χ1n) is 9.60. The molecular weight excluding hydrogens is 330 g/mol. The van der Waals surface area contributed by atoms with E-state index in [1.54, 1.807) is 0 Å². The number of benzene rings is 1. The van der Waals surface area contributed by atoms with Gasteiger partial charge < -0.3 is 9.80 Å². The molecule has 1 saturated heterocycles. The van der Waals surface area contributed by atoms with Gasteiger partial charge in [0, 0.05) is 55.3 Å². The average Bonchev–Trinajstić information content (AvgIpc) is 3.07. The molecule has 0 saturated carbocycles. The third-order valence-corrected chi connectivity index (χ3v) is 5.85. The zero-order valence-corrected chi connectivity index (χ0v) is 17.0. The van der Waals surface area contributed by atoms with E-state index < -0.39 is 0 Å². The van der Waals surface area contributed by atoms with Crippen molar-refractivity contribution in [3.63, 3.8) is 0 Å². The largest absolute Gasteiger partial charge is 0.357 e. The summed E-state index contributed by atoms with van der Waals surface area (Å²) in [7, 11) is 0. The minimum absolute atomic E-state index is 0.0379. The summed E-state index contributed by atoms with van der Waals surface area (Å²) in [5, 5.41) is 0.823. The zero-order valence-electron chi connectivity index (χ0n) is 16.3. The van der Waals surface area contributed by atoms with Crippen LogP contribution in [0.3, 0.4) is 0 Å². The van der Waals surface area contributed by atoms with Crippen molar-refractivity contribution < 1.29 is 4.58 Å².